The van der Waals surface area contributed by atoms with Crippen molar-refractivity contribution in [2.45, 2.75) is 12.7 Å². The number of oxazole rings is 1. The lowest BCUT2D eigenvalue weighted by Crippen LogP contribution is -2.26. The van der Waals surface area contributed by atoms with Crippen molar-refractivity contribution in [2.75, 3.05) is 7.05 Å². The number of carbonyl (C=O) groups excluding carboxylic acids is 1. The first-order valence-electron chi connectivity index (χ1n) is 9.04. The molecule has 0 atom stereocenters. The lowest BCUT2D eigenvalue weighted by molar-refractivity contribution is -0.137. The van der Waals surface area contributed by atoms with E-state index in [9.17, 15) is 18.0 Å². The van der Waals surface area contributed by atoms with Crippen molar-refractivity contribution in [2.24, 2.45) is 0 Å². The Morgan fingerprint density at radius 2 is 1.87 bits per heavy atom. The van der Waals surface area contributed by atoms with Gasteiger partial charge in [0.05, 0.1) is 5.56 Å². The molecule has 2 aromatic heterocycles. The average Bonchev–Trinajstić information content (AvgIpc) is 3.17. The van der Waals surface area contributed by atoms with Gasteiger partial charge in [-0.05, 0) is 54.1 Å². The van der Waals surface area contributed by atoms with E-state index in [1.54, 1.807) is 48.6 Å². The summed E-state index contributed by atoms with van der Waals surface area (Å²) >= 11 is 0. The molecule has 0 radical (unpaired) electrons. The first-order valence-corrected chi connectivity index (χ1v) is 9.04. The number of halogens is 3. The number of rotatable bonds is 4. The van der Waals surface area contributed by atoms with E-state index in [-0.39, 0.29) is 11.8 Å². The van der Waals surface area contributed by atoms with Crippen LogP contribution >= 0.6 is 0 Å². The van der Waals surface area contributed by atoms with Crippen molar-refractivity contribution in [1.82, 2.24) is 14.9 Å². The fraction of sp³-hybridized carbons (Fsp3) is 0.136. The summed E-state index contributed by atoms with van der Waals surface area (Å²) < 4.78 is 43.8. The van der Waals surface area contributed by atoms with Crippen LogP contribution in [0.3, 0.4) is 0 Å². The monoisotopic (exact) mass is 411 g/mol. The van der Waals surface area contributed by atoms with Gasteiger partial charge >= 0.3 is 6.18 Å². The standard InChI is InChI=1S/C22H16F3N3O2/c1-28(13-14-3-2-10-26-12-14)21(29)16-6-9-19-18(11-16)27-20(30-19)15-4-7-17(8-5-15)22(23,24)25/h2-12H,13H2,1H3. The molecule has 1 amide bonds. The zero-order valence-corrected chi connectivity index (χ0v) is 15.8. The average molecular weight is 411 g/mol. The molecule has 152 valence electrons. The molecule has 30 heavy (non-hydrogen) atoms. The fourth-order valence-electron chi connectivity index (χ4n) is 3.04. The summed E-state index contributed by atoms with van der Waals surface area (Å²) in [5, 5.41) is 0. The van der Waals surface area contributed by atoms with E-state index in [1.807, 2.05) is 6.07 Å². The van der Waals surface area contributed by atoms with Gasteiger partial charge in [-0.3, -0.25) is 9.78 Å². The number of alkyl halides is 3. The van der Waals surface area contributed by atoms with Gasteiger partial charge in [0.15, 0.2) is 5.58 Å². The molecular weight excluding hydrogens is 395 g/mol. The zero-order chi connectivity index (χ0) is 21.3. The van der Waals surface area contributed by atoms with Crippen LogP contribution in [-0.2, 0) is 12.7 Å². The highest BCUT2D eigenvalue weighted by Gasteiger charge is 2.30. The topological polar surface area (TPSA) is 59.2 Å². The number of pyridine rings is 1. The molecule has 0 unspecified atom stereocenters. The molecule has 0 saturated carbocycles. The maximum atomic E-state index is 12.7. The highest BCUT2D eigenvalue weighted by molar-refractivity contribution is 5.97. The Morgan fingerprint density at radius 3 is 2.53 bits per heavy atom. The van der Waals surface area contributed by atoms with Gasteiger partial charge in [-0.1, -0.05) is 6.07 Å². The zero-order valence-electron chi connectivity index (χ0n) is 15.8. The van der Waals surface area contributed by atoms with E-state index in [0.717, 1.165) is 17.7 Å². The lowest BCUT2D eigenvalue weighted by atomic mass is 10.1. The number of aromatic nitrogens is 2. The number of hydrogen-bond acceptors (Lipinski definition) is 4. The quantitative estimate of drug-likeness (QED) is 0.464. The van der Waals surface area contributed by atoms with Gasteiger partial charge in [0.1, 0.15) is 5.52 Å². The predicted molar refractivity (Wildman–Crippen MR) is 104 cm³/mol. The Kier molecular flexibility index (Phi) is 4.99. The minimum Gasteiger partial charge on any atom is -0.436 e. The highest BCUT2D eigenvalue weighted by atomic mass is 19.4. The summed E-state index contributed by atoms with van der Waals surface area (Å²) in [7, 11) is 1.69. The van der Waals surface area contributed by atoms with E-state index in [1.165, 1.54) is 12.1 Å². The lowest BCUT2D eigenvalue weighted by Gasteiger charge is -2.17. The molecular formula is C22H16F3N3O2. The number of nitrogens with zero attached hydrogens (tertiary/aromatic N) is 3. The van der Waals surface area contributed by atoms with Crippen LogP contribution in [0.15, 0.2) is 71.4 Å². The Hall–Kier alpha value is -3.68. The van der Waals surface area contributed by atoms with E-state index >= 15 is 0 Å². The SMILES string of the molecule is CN(Cc1cccnc1)C(=O)c1ccc2oc(-c3ccc(C(F)(F)F)cc3)nc2c1. The van der Waals surface area contributed by atoms with Crippen LogP contribution in [0.4, 0.5) is 13.2 Å². The molecule has 0 bridgehead atoms. The number of carbonyl (C=O) groups is 1. The molecule has 5 nitrogen and oxygen atoms in total. The largest absolute Gasteiger partial charge is 0.436 e. The highest BCUT2D eigenvalue weighted by Crippen LogP contribution is 2.31. The predicted octanol–water partition coefficient (Wildman–Crippen LogP) is 5.18. The Labute approximate surface area is 169 Å². The third-order valence-electron chi connectivity index (χ3n) is 4.58. The molecule has 0 N–H and O–H groups in total. The van der Waals surface area contributed by atoms with Crippen molar-refractivity contribution in [3.63, 3.8) is 0 Å². The Bertz CT molecular complexity index is 1190. The van der Waals surface area contributed by atoms with Crippen LogP contribution in [-0.4, -0.2) is 27.8 Å². The summed E-state index contributed by atoms with van der Waals surface area (Å²) in [6.07, 6.45) is -1.05. The summed E-state index contributed by atoms with van der Waals surface area (Å²) in [5.74, 6) is -0.00753. The van der Waals surface area contributed by atoms with Crippen LogP contribution in [0, 0.1) is 0 Å². The smallest absolute Gasteiger partial charge is 0.416 e. The van der Waals surface area contributed by atoms with Crippen LogP contribution < -0.4 is 0 Å². The first-order chi connectivity index (χ1) is 14.3. The summed E-state index contributed by atoms with van der Waals surface area (Å²) in [6, 6.07) is 13.1. The maximum Gasteiger partial charge on any atom is 0.416 e. The van der Waals surface area contributed by atoms with Crippen LogP contribution in [0.5, 0.6) is 0 Å². The van der Waals surface area contributed by atoms with Crippen molar-refractivity contribution in [3.05, 3.63) is 83.7 Å². The van der Waals surface area contributed by atoms with Gasteiger partial charge in [0, 0.05) is 37.1 Å². The molecule has 0 saturated heterocycles. The molecule has 2 aromatic carbocycles. The molecule has 0 spiro atoms. The Balaban J connectivity index is 1.57. The number of fused-ring (bicyclic) bond motifs is 1. The summed E-state index contributed by atoms with van der Waals surface area (Å²) in [6.45, 7) is 0.403. The van der Waals surface area contributed by atoms with Gasteiger partial charge in [0.25, 0.3) is 5.91 Å². The van der Waals surface area contributed by atoms with Crippen molar-refractivity contribution in [1.29, 1.82) is 0 Å². The minimum absolute atomic E-state index is 0.187. The van der Waals surface area contributed by atoms with Gasteiger partial charge in [-0.2, -0.15) is 13.2 Å². The van der Waals surface area contributed by atoms with E-state index in [0.29, 0.717) is 28.8 Å². The van der Waals surface area contributed by atoms with Crippen molar-refractivity contribution in [3.8, 4) is 11.5 Å². The third kappa shape index (κ3) is 4.03. The first kappa shape index (κ1) is 19.6. The summed E-state index contributed by atoms with van der Waals surface area (Å²) in [5.41, 5.74) is 1.90. The molecule has 8 heteroatoms. The van der Waals surface area contributed by atoms with Crippen LogP contribution in [0.1, 0.15) is 21.5 Å². The molecule has 0 aliphatic heterocycles. The normalized spacial score (nSPS) is 11.6. The second-order valence-electron chi connectivity index (χ2n) is 6.80. The van der Waals surface area contributed by atoms with E-state index in [4.69, 9.17) is 4.42 Å². The van der Waals surface area contributed by atoms with E-state index in [2.05, 4.69) is 9.97 Å². The second kappa shape index (κ2) is 7.62. The maximum absolute atomic E-state index is 12.7. The molecule has 0 aliphatic rings. The Morgan fingerprint density at radius 1 is 1.10 bits per heavy atom. The number of amides is 1. The van der Waals surface area contributed by atoms with Crippen LogP contribution in [0.2, 0.25) is 0 Å². The summed E-state index contributed by atoms with van der Waals surface area (Å²) in [4.78, 5) is 22.7. The van der Waals surface area contributed by atoms with Gasteiger partial charge in [-0.25, -0.2) is 4.98 Å². The fourth-order valence-corrected chi connectivity index (χ4v) is 3.04. The molecule has 4 aromatic rings. The van der Waals surface area contributed by atoms with Gasteiger partial charge in [0.2, 0.25) is 5.89 Å². The number of hydrogen-bond donors (Lipinski definition) is 0. The van der Waals surface area contributed by atoms with Crippen molar-refractivity contribution >= 4 is 17.0 Å². The molecule has 0 aliphatic carbocycles. The molecule has 4 rings (SSSR count). The van der Waals surface area contributed by atoms with E-state index < -0.39 is 11.7 Å². The molecule has 2 heterocycles. The second-order valence-corrected chi connectivity index (χ2v) is 6.80. The molecule has 0 fully saturated rings. The van der Waals surface area contributed by atoms with Gasteiger partial charge in [-0.15, -0.1) is 0 Å². The van der Waals surface area contributed by atoms with Gasteiger partial charge < -0.3 is 9.32 Å². The third-order valence-corrected chi connectivity index (χ3v) is 4.58. The van der Waals surface area contributed by atoms with Crippen molar-refractivity contribution < 1.29 is 22.4 Å². The minimum atomic E-state index is -4.41. The van der Waals surface area contributed by atoms with Crippen LogP contribution in [0.25, 0.3) is 22.6 Å². The number of benzene rings is 2.